The molecule has 0 aromatic heterocycles. The van der Waals surface area contributed by atoms with Crippen molar-refractivity contribution >= 4 is 0 Å². The van der Waals surface area contributed by atoms with E-state index < -0.39 is 0 Å². The van der Waals surface area contributed by atoms with E-state index in [4.69, 9.17) is 4.74 Å². The monoisotopic (exact) mass is 238 g/mol. The lowest BCUT2D eigenvalue weighted by atomic mass is 9.92. The predicted molar refractivity (Wildman–Crippen MR) is 69.2 cm³/mol. The second-order valence-electron chi connectivity index (χ2n) is 6.34. The quantitative estimate of drug-likeness (QED) is 0.793. The first-order valence-corrected chi connectivity index (χ1v) is 7.35. The van der Waals surface area contributed by atoms with Crippen molar-refractivity contribution in [2.45, 2.75) is 69.7 Å². The summed E-state index contributed by atoms with van der Waals surface area (Å²) >= 11 is 0. The van der Waals surface area contributed by atoms with Gasteiger partial charge in [-0.1, -0.05) is 6.92 Å². The van der Waals surface area contributed by atoms with Crippen LogP contribution in [0, 0.1) is 0 Å². The average molecular weight is 238 g/mol. The van der Waals surface area contributed by atoms with E-state index in [1.54, 1.807) is 0 Å². The Labute approximate surface area is 105 Å². The number of rotatable bonds is 2. The summed E-state index contributed by atoms with van der Waals surface area (Å²) in [5.74, 6) is 0. The number of nitrogens with zero attached hydrogens (tertiary/aromatic N) is 1. The minimum Gasteiger partial charge on any atom is -0.373 e. The average Bonchev–Trinajstić information content (AvgIpc) is 2.90. The number of hydrogen-bond donors (Lipinski definition) is 1. The van der Waals surface area contributed by atoms with E-state index in [1.165, 1.54) is 51.7 Å². The van der Waals surface area contributed by atoms with E-state index in [1.807, 2.05) is 0 Å². The van der Waals surface area contributed by atoms with Crippen LogP contribution < -0.4 is 5.32 Å². The van der Waals surface area contributed by atoms with Crippen molar-refractivity contribution in [2.24, 2.45) is 0 Å². The molecule has 0 aromatic carbocycles. The molecule has 4 unspecified atom stereocenters. The van der Waals surface area contributed by atoms with E-state index in [-0.39, 0.29) is 0 Å². The van der Waals surface area contributed by atoms with Gasteiger partial charge in [0.05, 0.1) is 12.2 Å². The van der Waals surface area contributed by atoms with Crippen LogP contribution in [0.15, 0.2) is 0 Å². The van der Waals surface area contributed by atoms with Crippen molar-refractivity contribution in [3.8, 4) is 0 Å². The number of fused-ring (bicyclic) bond motifs is 2. The molecule has 2 bridgehead atoms. The Morgan fingerprint density at radius 2 is 2.29 bits per heavy atom. The summed E-state index contributed by atoms with van der Waals surface area (Å²) in [5.41, 5.74) is 0.304. The SMILES string of the molecule is CCC1(C)CN(C2CC3CCC2O3)CCCN1. The van der Waals surface area contributed by atoms with E-state index in [2.05, 4.69) is 24.1 Å². The van der Waals surface area contributed by atoms with Gasteiger partial charge >= 0.3 is 0 Å². The van der Waals surface area contributed by atoms with Gasteiger partial charge in [-0.2, -0.15) is 0 Å². The Balaban J connectivity index is 1.69. The lowest BCUT2D eigenvalue weighted by Gasteiger charge is -2.37. The van der Waals surface area contributed by atoms with Crippen molar-refractivity contribution in [1.82, 2.24) is 10.2 Å². The van der Waals surface area contributed by atoms with Gasteiger partial charge < -0.3 is 10.1 Å². The fourth-order valence-corrected chi connectivity index (χ4v) is 3.77. The van der Waals surface area contributed by atoms with Crippen molar-refractivity contribution in [3.63, 3.8) is 0 Å². The molecule has 17 heavy (non-hydrogen) atoms. The molecular formula is C14H26N2O. The third kappa shape index (κ3) is 2.25. The van der Waals surface area contributed by atoms with E-state index in [0.717, 1.165) is 0 Å². The highest BCUT2D eigenvalue weighted by atomic mass is 16.5. The zero-order chi connectivity index (χ0) is 11.9. The van der Waals surface area contributed by atoms with Gasteiger partial charge in [0.25, 0.3) is 0 Å². The van der Waals surface area contributed by atoms with Crippen LogP contribution >= 0.6 is 0 Å². The molecule has 3 rings (SSSR count). The molecule has 3 fully saturated rings. The van der Waals surface area contributed by atoms with Crippen LogP contribution in [-0.4, -0.2) is 48.3 Å². The molecule has 0 spiro atoms. The van der Waals surface area contributed by atoms with Gasteiger partial charge in [0, 0.05) is 18.1 Å². The molecule has 0 aliphatic carbocycles. The van der Waals surface area contributed by atoms with Crippen LogP contribution in [0.2, 0.25) is 0 Å². The largest absolute Gasteiger partial charge is 0.373 e. The number of hydrogen-bond acceptors (Lipinski definition) is 3. The van der Waals surface area contributed by atoms with E-state index >= 15 is 0 Å². The molecule has 3 heteroatoms. The fraction of sp³-hybridized carbons (Fsp3) is 1.00. The third-order valence-electron chi connectivity index (χ3n) is 5.05. The number of nitrogens with one attached hydrogen (secondary N) is 1. The molecule has 3 heterocycles. The molecule has 3 aliphatic rings. The van der Waals surface area contributed by atoms with Crippen molar-refractivity contribution in [3.05, 3.63) is 0 Å². The minimum atomic E-state index is 0.304. The first-order chi connectivity index (χ1) is 8.20. The van der Waals surface area contributed by atoms with Gasteiger partial charge in [0.15, 0.2) is 0 Å². The van der Waals surface area contributed by atoms with Gasteiger partial charge in [0.2, 0.25) is 0 Å². The molecule has 3 nitrogen and oxygen atoms in total. The summed E-state index contributed by atoms with van der Waals surface area (Å²) in [7, 11) is 0. The molecule has 0 radical (unpaired) electrons. The summed E-state index contributed by atoms with van der Waals surface area (Å²) in [6.45, 7) is 8.29. The molecule has 3 aliphatic heterocycles. The zero-order valence-electron chi connectivity index (χ0n) is 11.2. The lowest BCUT2D eigenvalue weighted by molar-refractivity contribution is 0.0635. The Morgan fingerprint density at radius 3 is 2.94 bits per heavy atom. The van der Waals surface area contributed by atoms with Crippen LogP contribution in [-0.2, 0) is 4.74 Å². The molecule has 1 N–H and O–H groups in total. The minimum absolute atomic E-state index is 0.304. The predicted octanol–water partition coefficient (Wildman–Crippen LogP) is 1.77. The molecular weight excluding hydrogens is 212 g/mol. The first-order valence-electron chi connectivity index (χ1n) is 7.35. The summed E-state index contributed by atoms with van der Waals surface area (Å²) in [6, 6.07) is 0.708. The lowest BCUT2D eigenvalue weighted by Crippen LogP contribution is -2.52. The first kappa shape index (κ1) is 11.9. The molecule has 98 valence electrons. The molecule has 0 saturated carbocycles. The van der Waals surface area contributed by atoms with Gasteiger partial charge in [-0.25, -0.2) is 0 Å². The second kappa shape index (κ2) is 4.52. The third-order valence-corrected chi connectivity index (χ3v) is 5.05. The molecule has 0 aromatic rings. The fourth-order valence-electron chi connectivity index (χ4n) is 3.77. The highest BCUT2D eigenvalue weighted by Gasteiger charge is 2.44. The Hall–Kier alpha value is -0.120. The van der Waals surface area contributed by atoms with Crippen molar-refractivity contribution < 1.29 is 4.74 Å². The summed E-state index contributed by atoms with van der Waals surface area (Å²) < 4.78 is 6.02. The molecule has 0 amide bonds. The summed E-state index contributed by atoms with van der Waals surface area (Å²) in [5, 5.41) is 3.72. The van der Waals surface area contributed by atoms with Gasteiger partial charge in [-0.3, -0.25) is 4.90 Å². The summed E-state index contributed by atoms with van der Waals surface area (Å²) in [6.07, 6.45) is 7.49. The van der Waals surface area contributed by atoms with Crippen LogP contribution in [0.3, 0.4) is 0 Å². The number of ether oxygens (including phenoxy) is 1. The van der Waals surface area contributed by atoms with E-state index in [0.29, 0.717) is 23.8 Å². The molecule has 4 atom stereocenters. The van der Waals surface area contributed by atoms with Crippen LogP contribution in [0.4, 0.5) is 0 Å². The maximum atomic E-state index is 6.02. The summed E-state index contributed by atoms with van der Waals surface area (Å²) in [4.78, 5) is 2.72. The van der Waals surface area contributed by atoms with Crippen molar-refractivity contribution in [2.75, 3.05) is 19.6 Å². The molecule has 3 saturated heterocycles. The normalized spacial score (nSPS) is 47.3. The highest BCUT2D eigenvalue weighted by Crippen LogP contribution is 2.38. The van der Waals surface area contributed by atoms with Crippen LogP contribution in [0.25, 0.3) is 0 Å². The smallest absolute Gasteiger partial charge is 0.0735 e. The standard InChI is InChI=1S/C14H26N2O/c1-3-14(2)10-16(8-4-7-15-14)12-9-11-5-6-13(12)17-11/h11-13,15H,3-10H2,1-2H3. The van der Waals surface area contributed by atoms with Crippen LogP contribution in [0.5, 0.6) is 0 Å². The topological polar surface area (TPSA) is 24.5 Å². The van der Waals surface area contributed by atoms with Gasteiger partial charge in [0.1, 0.15) is 0 Å². The highest BCUT2D eigenvalue weighted by molar-refractivity contribution is 4.99. The maximum absolute atomic E-state index is 6.02. The Bertz CT molecular complexity index is 283. The Kier molecular flexibility index (Phi) is 3.18. The van der Waals surface area contributed by atoms with Gasteiger partial charge in [-0.15, -0.1) is 0 Å². The van der Waals surface area contributed by atoms with Gasteiger partial charge in [-0.05, 0) is 52.1 Å². The van der Waals surface area contributed by atoms with E-state index in [9.17, 15) is 0 Å². The zero-order valence-corrected chi connectivity index (χ0v) is 11.2. The maximum Gasteiger partial charge on any atom is 0.0735 e. The van der Waals surface area contributed by atoms with Crippen LogP contribution in [0.1, 0.15) is 46.0 Å². The van der Waals surface area contributed by atoms with Crippen molar-refractivity contribution in [1.29, 1.82) is 0 Å². The second-order valence-corrected chi connectivity index (χ2v) is 6.34. The Morgan fingerprint density at radius 1 is 1.41 bits per heavy atom.